The predicted molar refractivity (Wildman–Crippen MR) is 78.1 cm³/mol. The second kappa shape index (κ2) is 5.51. The van der Waals surface area contributed by atoms with Gasteiger partial charge in [0.25, 0.3) is 0 Å². The largest absolute Gasteiger partial charge is 0.399 e. The van der Waals surface area contributed by atoms with Crippen LogP contribution in [0.2, 0.25) is 0 Å². The van der Waals surface area contributed by atoms with Crippen molar-refractivity contribution in [2.75, 3.05) is 5.73 Å². The zero-order chi connectivity index (χ0) is 13.9. The minimum atomic E-state index is -3.32. The van der Waals surface area contributed by atoms with Gasteiger partial charge < -0.3 is 5.73 Å². The molecule has 1 aliphatic rings. The van der Waals surface area contributed by atoms with Gasteiger partial charge in [-0.25, -0.2) is 13.1 Å². The van der Waals surface area contributed by atoms with Gasteiger partial charge in [-0.05, 0) is 37.5 Å². The van der Waals surface area contributed by atoms with E-state index >= 15 is 0 Å². The standard InChI is InChI=1S/C14H22N2O2S/c1-14(8-3-2-4-9-14)16-19(17,18)11-12-6-5-7-13(15)10-12/h5-7,10,16H,2-4,8-9,11,15H2,1H3. The minimum Gasteiger partial charge on any atom is -0.399 e. The topological polar surface area (TPSA) is 72.2 Å². The molecule has 5 heteroatoms. The van der Waals surface area contributed by atoms with E-state index in [0.717, 1.165) is 31.2 Å². The highest BCUT2D eigenvalue weighted by Gasteiger charge is 2.31. The lowest BCUT2D eigenvalue weighted by molar-refractivity contribution is 0.294. The smallest absolute Gasteiger partial charge is 0.216 e. The lowest BCUT2D eigenvalue weighted by Crippen LogP contribution is -2.47. The maximum Gasteiger partial charge on any atom is 0.216 e. The first kappa shape index (κ1) is 14.3. The van der Waals surface area contributed by atoms with Crippen molar-refractivity contribution >= 4 is 15.7 Å². The first-order valence-corrected chi connectivity index (χ1v) is 8.40. The summed E-state index contributed by atoms with van der Waals surface area (Å²) in [5, 5.41) is 0. The maximum absolute atomic E-state index is 12.2. The van der Waals surface area contributed by atoms with Gasteiger partial charge in [0.05, 0.1) is 5.75 Å². The van der Waals surface area contributed by atoms with Crippen LogP contribution in [0, 0.1) is 0 Å². The highest BCUT2D eigenvalue weighted by atomic mass is 32.2. The molecule has 0 spiro atoms. The van der Waals surface area contributed by atoms with Crippen molar-refractivity contribution in [2.45, 2.75) is 50.3 Å². The predicted octanol–water partition coefficient (Wildman–Crippen LogP) is 2.41. The third kappa shape index (κ3) is 4.21. The molecular weight excluding hydrogens is 260 g/mol. The van der Waals surface area contributed by atoms with Gasteiger partial charge >= 0.3 is 0 Å². The van der Waals surface area contributed by atoms with Crippen LogP contribution in [0.1, 0.15) is 44.6 Å². The fourth-order valence-corrected chi connectivity index (χ4v) is 4.39. The third-order valence-electron chi connectivity index (χ3n) is 3.67. The van der Waals surface area contributed by atoms with Gasteiger partial charge in [-0.3, -0.25) is 0 Å². The van der Waals surface area contributed by atoms with Crippen molar-refractivity contribution in [1.82, 2.24) is 4.72 Å². The van der Waals surface area contributed by atoms with Crippen LogP contribution < -0.4 is 10.5 Å². The number of nitrogens with two attached hydrogens (primary N) is 1. The van der Waals surface area contributed by atoms with Crippen molar-refractivity contribution in [3.63, 3.8) is 0 Å². The third-order valence-corrected chi connectivity index (χ3v) is 5.18. The van der Waals surface area contributed by atoms with Gasteiger partial charge in [0.15, 0.2) is 0 Å². The van der Waals surface area contributed by atoms with Crippen LogP contribution in [-0.4, -0.2) is 14.0 Å². The Bertz CT molecular complexity index is 534. The summed E-state index contributed by atoms with van der Waals surface area (Å²) < 4.78 is 27.3. The monoisotopic (exact) mass is 282 g/mol. The number of rotatable bonds is 4. The van der Waals surface area contributed by atoms with E-state index in [9.17, 15) is 8.42 Å². The van der Waals surface area contributed by atoms with Crippen LogP contribution in [0.4, 0.5) is 5.69 Å². The van der Waals surface area contributed by atoms with Crippen LogP contribution >= 0.6 is 0 Å². The number of nitrogens with one attached hydrogen (secondary N) is 1. The molecule has 1 saturated carbocycles. The van der Waals surface area contributed by atoms with Crippen LogP contribution in [0.3, 0.4) is 0 Å². The molecule has 0 saturated heterocycles. The molecule has 0 unspecified atom stereocenters. The normalized spacial score (nSPS) is 19.2. The Labute approximate surface area is 115 Å². The molecule has 0 bridgehead atoms. The summed E-state index contributed by atoms with van der Waals surface area (Å²) in [6.07, 6.45) is 5.23. The zero-order valence-corrected chi connectivity index (χ0v) is 12.2. The van der Waals surface area contributed by atoms with E-state index < -0.39 is 10.0 Å². The van der Waals surface area contributed by atoms with Crippen LogP contribution in [-0.2, 0) is 15.8 Å². The van der Waals surface area contributed by atoms with Crippen LogP contribution in [0.25, 0.3) is 0 Å². The highest BCUT2D eigenvalue weighted by molar-refractivity contribution is 7.88. The molecule has 0 atom stereocenters. The second-order valence-corrected chi connectivity index (χ2v) is 7.45. The molecule has 0 heterocycles. The Balaban J connectivity index is 2.06. The molecule has 1 aromatic rings. The second-order valence-electron chi connectivity index (χ2n) is 5.73. The van der Waals surface area contributed by atoms with Crippen molar-refractivity contribution in [3.05, 3.63) is 29.8 Å². The first-order valence-electron chi connectivity index (χ1n) is 6.75. The Morgan fingerprint density at radius 3 is 2.58 bits per heavy atom. The molecule has 1 aliphatic carbocycles. The highest BCUT2D eigenvalue weighted by Crippen LogP contribution is 2.28. The maximum atomic E-state index is 12.2. The van der Waals surface area contributed by atoms with Crippen molar-refractivity contribution in [2.24, 2.45) is 0 Å². The molecule has 0 amide bonds. The molecule has 3 N–H and O–H groups in total. The summed E-state index contributed by atoms with van der Waals surface area (Å²) in [5.74, 6) is -0.00632. The van der Waals surface area contributed by atoms with Gasteiger partial charge in [0, 0.05) is 11.2 Å². The molecule has 2 rings (SSSR count). The van der Waals surface area contributed by atoms with E-state index in [0.29, 0.717) is 5.69 Å². The number of hydrogen-bond donors (Lipinski definition) is 2. The van der Waals surface area contributed by atoms with Gasteiger partial charge in [-0.2, -0.15) is 0 Å². The van der Waals surface area contributed by atoms with Gasteiger partial charge in [0.1, 0.15) is 0 Å². The number of sulfonamides is 1. The minimum absolute atomic E-state index is 0.00632. The molecule has 0 aliphatic heterocycles. The van der Waals surface area contributed by atoms with Crippen molar-refractivity contribution in [1.29, 1.82) is 0 Å². The molecule has 0 aromatic heterocycles. The summed E-state index contributed by atoms with van der Waals surface area (Å²) in [4.78, 5) is 0. The van der Waals surface area contributed by atoms with Gasteiger partial charge in [0.2, 0.25) is 10.0 Å². The van der Waals surface area contributed by atoms with Crippen LogP contribution in [0.5, 0.6) is 0 Å². The molecule has 1 aromatic carbocycles. The van der Waals surface area contributed by atoms with E-state index in [1.165, 1.54) is 6.42 Å². The van der Waals surface area contributed by atoms with E-state index in [-0.39, 0.29) is 11.3 Å². The molecular formula is C14H22N2O2S. The summed E-state index contributed by atoms with van der Waals surface area (Å²) >= 11 is 0. The van der Waals surface area contributed by atoms with Gasteiger partial charge in [-0.1, -0.05) is 31.4 Å². The summed E-state index contributed by atoms with van der Waals surface area (Å²) in [5.41, 5.74) is 6.71. The number of benzene rings is 1. The average molecular weight is 282 g/mol. The molecule has 4 nitrogen and oxygen atoms in total. The Kier molecular flexibility index (Phi) is 4.16. The lowest BCUT2D eigenvalue weighted by atomic mass is 9.84. The zero-order valence-electron chi connectivity index (χ0n) is 11.4. The fraction of sp³-hybridized carbons (Fsp3) is 0.571. The van der Waals surface area contributed by atoms with Crippen molar-refractivity contribution < 1.29 is 8.42 Å². The van der Waals surface area contributed by atoms with E-state index in [1.807, 2.05) is 6.92 Å². The van der Waals surface area contributed by atoms with Crippen LogP contribution in [0.15, 0.2) is 24.3 Å². The number of anilines is 1. The molecule has 106 valence electrons. The number of hydrogen-bond acceptors (Lipinski definition) is 3. The Morgan fingerprint density at radius 2 is 1.95 bits per heavy atom. The molecule has 0 radical (unpaired) electrons. The quantitative estimate of drug-likeness (QED) is 0.833. The lowest BCUT2D eigenvalue weighted by Gasteiger charge is -2.34. The summed E-state index contributed by atoms with van der Waals surface area (Å²) in [7, 11) is -3.32. The molecule has 19 heavy (non-hydrogen) atoms. The Morgan fingerprint density at radius 1 is 1.26 bits per heavy atom. The average Bonchev–Trinajstić information content (AvgIpc) is 2.27. The summed E-state index contributed by atoms with van der Waals surface area (Å²) in [6.45, 7) is 2.00. The van der Waals surface area contributed by atoms with Gasteiger partial charge in [-0.15, -0.1) is 0 Å². The molecule has 1 fully saturated rings. The fourth-order valence-electron chi connectivity index (χ4n) is 2.75. The van der Waals surface area contributed by atoms with E-state index in [2.05, 4.69) is 4.72 Å². The Hall–Kier alpha value is -1.07. The van der Waals surface area contributed by atoms with Crippen molar-refractivity contribution in [3.8, 4) is 0 Å². The van der Waals surface area contributed by atoms with E-state index in [4.69, 9.17) is 5.73 Å². The SMILES string of the molecule is CC1(NS(=O)(=O)Cc2cccc(N)c2)CCCCC1. The van der Waals surface area contributed by atoms with E-state index in [1.54, 1.807) is 24.3 Å². The summed E-state index contributed by atoms with van der Waals surface area (Å²) in [6, 6.07) is 7.04. The number of nitrogen functional groups attached to an aromatic ring is 1. The first-order chi connectivity index (χ1) is 8.89.